The Morgan fingerprint density at radius 2 is 2.08 bits per heavy atom. The van der Waals surface area contributed by atoms with Crippen LogP contribution >= 0.6 is 11.3 Å². The Labute approximate surface area is 151 Å². The van der Waals surface area contributed by atoms with Gasteiger partial charge in [-0.2, -0.15) is 5.10 Å². The van der Waals surface area contributed by atoms with E-state index in [0.29, 0.717) is 19.5 Å². The molecule has 1 aromatic carbocycles. The SMILES string of the molecule is COc1ccc(N(Cc2cccs2)C(=O)CCn2cc(C)cn2)cc1. The number of nitrogens with zero attached hydrogens (tertiary/aromatic N) is 3. The van der Waals surface area contributed by atoms with Crippen LogP contribution in [-0.2, 0) is 17.9 Å². The van der Waals surface area contributed by atoms with Crippen molar-refractivity contribution in [2.75, 3.05) is 12.0 Å². The predicted molar refractivity (Wildman–Crippen MR) is 100 cm³/mol. The lowest BCUT2D eigenvalue weighted by atomic mass is 10.2. The van der Waals surface area contributed by atoms with Crippen LogP contribution in [0, 0.1) is 6.92 Å². The van der Waals surface area contributed by atoms with Gasteiger partial charge in [-0.25, -0.2) is 0 Å². The fourth-order valence-electron chi connectivity index (χ4n) is 2.58. The molecule has 0 spiro atoms. The molecule has 0 saturated carbocycles. The highest BCUT2D eigenvalue weighted by atomic mass is 32.1. The Hall–Kier alpha value is -2.60. The Balaban J connectivity index is 1.75. The molecule has 0 aliphatic heterocycles. The van der Waals surface area contributed by atoms with E-state index in [-0.39, 0.29) is 5.91 Å². The summed E-state index contributed by atoms with van der Waals surface area (Å²) in [5.41, 5.74) is 1.97. The molecule has 0 bridgehead atoms. The second-order valence-corrected chi connectivity index (χ2v) is 6.82. The van der Waals surface area contributed by atoms with Crippen LogP contribution in [0.3, 0.4) is 0 Å². The molecule has 0 fully saturated rings. The molecule has 3 rings (SSSR count). The van der Waals surface area contributed by atoms with Gasteiger partial charge in [-0.15, -0.1) is 11.3 Å². The summed E-state index contributed by atoms with van der Waals surface area (Å²) in [4.78, 5) is 15.8. The number of thiophene rings is 1. The predicted octanol–water partition coefficient (Wildman–Crippen LogP) is 3.89. The molecule has 0 unspecified atom stereocenters. The minimum atomic E-state index is 0.0757. The molecule has 6 heteroatoms. The van der Waals surface area contributed by atoms with Crippen LogP contribution in [0.5, 0.6) is 5.75 Å². The maximum Gasteiger partial charge on any atom is 0.229 e. The molecular formula is C19H21N3O2S. The van der Waals surface area contributed by atoms with Crippen LogP contribution in [0.15, 0.2) is 54.2 Å². The lowest BCUT2D eigenvalue weighted by Gasteiger charge is -2.22. The van der Waals surface area contributed by atoms with Crippen molar-refractivity contribution in [1.29, 1.82) is 0 Å². The van der Waals surface area contributed by atoms with Crippen LogP contribution in [-0.4, -0.2) is 22.8 Å². The molecule has 0 radical (unpaired) electrons. The van der Waals surface area contributed by atoms with E-state index in [9.17, 15) is 4.79 Å². The van der Waals surface area contributed by atoms with Crippen molar-refractivity contribution in [2.24, 2.45) is 0 Å². The first-order valence-electron chi connectivity index (χ1n) is 8.11. The molecule has 0 atom stereocenters. The zero-order chi connectivity index (χ0) is 17.6. The van der Waals surface area contributed by atoms with Crippen LogP contribution in [0.1, 0.15) is 16.9 Å². The molecular weight excluding hydrogens is 334 g/mol. The first-order valence-corrected chi connectivity index (χ1v) is 8.99. The largest absolute Gasteiger partial charge is 0.497 e. The topological polar surface area (TPSA) is 47.4 Å². The first kappa shape index (κ1) is 17.2. The third-order valence-corrected chi connectivity index (χ3v) is 4.76. The normalized spacial score (nSPS) is 10.6. The van der Waals surface area contributed by atoms with Gasteiger partial charge in [-0.1, -0.05) is 6.07 Å². The van der Waals surface area contributed by atoms with E-state index in [1.54, 1.807) is 24.6 Å². The van der Waals surface area contributed by atoms with E-state index in [4.69, 9.17) is 4.74 Å². The molecule has 1 amide bonds. The van der Waals surface area contributed by atoms with E-state index in [0.717, 1.165) is 21.9 Å². The Kier molecular flexibility index (Phi) is 5.50. The van der Waals surface area contributed by atoms with Crippen LogP contribution < -0.4 is 9.64 Å². The summed E-state index contributed by atoms with van der Waals surface area (Å²) in [6.45, 7) is 3.14. The molecule has 25 heavy (non-hydrogen) atoms. The van der Waals surface area contributed by atoms with Crippen molar-refractivity contribution in [3.05, 3.63) is 64.6 Å². The summed E-state index contributed by atoms with van der Waals surface area (Å²) >= 11 is 1.65. The third kappa shape index (κ3) is 4.48. The van der Waals surface area contributed by atoms with Gasteiger partial charge >= 0.3 is 0 Å². The molecule has 0 aliphatic rings. The molecule has 2 heterocycles. The van der Waals surface area contributed by atoms with Gasteiger partial charge in [0, 0.05) is 29.7 Å². The highest BCUT2D eigenvalue weighted by molar-refractivity contribution is 7.09. The average Bonchev–Trinajstić information content (AvgIpc) is 3.29. The number of benzene rings is 1. The summed E-state index contributed by atoms with van der Waals surface area (Å²) in [7, 11) is 1.63. The van der Waals surface area contributed by atoms with Gasteiger partial charge in [-0.3, -0.25) is 9.48 Å². The number of aromatic nitrogens is 2. The van der Waals surface area contributed by atoms with Gasteiger partial charge < -0.3 is 9.64 Å². The minimum Gasteiger partial charge on any atom is -0.497 e. The number of carbonyl (C=O) groups is 1. The van der Waals surface area contributed by atoms with E-state index >= 15 is 0 Å². The number of carbonyl (C=O) groups excluding carboxylic acids is 1. The Morgan fingerprint density at radius 1 is 1.28 bits per heavy atom. The zero-order valence-corrected chi connectivity index (χ0v) is 15.2. The molecule has 5 nitrogen and oxygen atoms in total. The lowest BCUT2D eigenvalue weighted by molar-refractivity contribution is -0.119. The summed E-state index contributed by atoms with van der Waals surface area (Å²) in [5.74, 6) is 0.853. The fourth-order valence-corrected chi connectivity index (χ4v) is 3.27. The maximum absolute atomic E-state index is 12.9. The number of hydrogen-bond acceptors (Lipinski definition) is 4. The molecule has 0 aliphatic carbocycles. The monoisotopic (exact) mass is 355 g/mol. The molecule has 130 valence electrons. The third-order valence-electron chi connectivity index (χ3n) is 3.90. The van der Waals surface area contributed by atoms with Crippen molar-refractivity contribution in [1.82, 2.24) is 9.78 Å². The van der Waals surface area contributed by atoms with E-state index in [2.05, 4.69) is 5.10 Å². The van der Waals surface area contributed by atoms with Gasteiger partial charge in [0.05, 0.1) is 19.9 Å². The second kappa shape index (κ2) is 7.98. The quantitative estimate of drug-likeness (QED) is 0.646. The summed E-state index contributed by atoms with van der Waals surface area (Å²) in [5, 5.41) is 6.28. The number of ether oxygens (including phenoxy) is 1. The van der Waals surface area contributed by atoms with Crippen LogP contribution in [0.4, 0.5) is 5.69 Å². The fraction of sp³-hybridized carbons (Fsp3) is 0.263. The second-order valence-electron chi connectivity index (χ2n) is 5.79. The van der Waals surface area contributed by atoms with Crippen LogP contribution in [0.2, 0.25) is 0 Å². The average molecular weight is 355 g/mol. The van der Waals surface area contributed by atoms with Gasteiger partial charge in [0.15, 0.2) is 0 Å². The van der Waals surface area contributed by atoms with Gasteiger partial charge in [0.25, 0.3) is 0 Å². The number of amides is 1. The number of rotatable bonds is 7. The van der Waals surface area contributed by atoms with Crippen molar-refractivity contribution < 1.29 is 9.53 Å². The molecule has 2 aromatic heterocycles. The number of anilines is 1. The van der Waals surface area contributed by atoms with Gasteiger partial charge in [0.1, 0.15) is 5.75 Å². The highest BCUT2D eigenvalue weighted by Crippen LogP contribution is 2.23. The molecule has 0 saturated heterocycles. The van der Waals surface area contributed by atoms with E-state index in [1.165, 1.54) is 0 Å². The highest BCUT2D eigenvalue weighted by Gasteiger charge is 2.17. The summed E-state index contributed by atoms with van der Waals surface area (Å²) in [6.07, 6.45) is 4.15. The Morgan fingerprint density at radius 3 is 2.68 bits per heavy atom. The number of hydrogen-bond donors (Lipinski definition) is 0. The maximum atomic E-state index is 12.9. The smallest absolute Gasteiger partial charge is 0.229 e. The Bertz CT molecular complexity index is 810. The van der Waals surface area contributed by atoms with E-state index in [1.807, 2.05) is 64.5 Å². The van der Waals surface area contributed by atoms with Crippen molar-refractivity contribution in [2.45, 2.75) is 26.4 Å². The van der Waals surface area contributed by atoms with E-state index < -0.39 is 0 Å². The summed E-state index contributed by atoms with van der Waals surface area (Å²) in [6, 6.07) is 11.6. The van der Waals surface area contributed by atoms with Crippen molar-refractivity contribution in [3.63, 3.8) is 0 Å². The van der Waals surface area contributed by atoms with Crippen LogP contribution in [0.25, 0.3) is 0 Å². The zero-order valence-electron chi connectivity index (χ0n) is 14.4. The summed E-state index contributed by atoms with van der Waals surface area (Å²) < 4.78 is 7.02. The number of methoxy groups -OCH3 is 1. The van der Waals surface area contributed by atoms with Gasteiger partial charge in [0.2, 0.25) is 5.91 Å². The molecule has 0 N–H and O–H groups in total. The van der Waals surface area contributed by atoms with Crippen molar-refractivity contribution >= 4 is 22.9 Å². The number of aryl methyl sites for hydroxylation is 2. The first-order chi connectivity index (χ1) is 12.2. The van der Waals surface area contributed by atoms with Crippen molar-refractivity contribution in [3.8, 4) is 5.75 Å². The molecule has 3 aromatic rings. The standard InChI is InChI=1S/C19H21N3O2S/c1-15-12-20-21(13-15)10-9-19(23)22(14-18-4-3-11-25-18)16-5-7-17(24-2)8-6-16/h3-8,11-13H,9-10,14H2,1-2H3. The minimum absolute atomic E-state index is 0.0757. The van der Waals surface area contributed by atoms with Gasteiger partial charge in [-0.05, 0) is 48.2 Å². The lowest BCUT2D eigenvalue weighted by Crippen LogP contribution is -2.30.